The minimum Gasteiger partial charge on any atom is -0.392 e. The van der Waals surface area contributed by atoms with E-state index in [-0.39, 0.29) is 6.61 Å². The number of benzene rings is 2. The molecule has 0 spiro atoms. The molecule has 17 heavy (non-hydrogen) atoms. The number of rotatable bonds is 2. The molecule has 0 amide bonds. The van der Waals surface area contributed by atoms with Crippen molar-refractivity contribution in [2.24, 2.45) is 0 Å². The molecule has 0 aliphatic carbocycles. The molecule has 0 unspecified atom stereocenters. The maximum absolute atomic E-state index is 9.13. The van der Waals surface area contributed by atoms with Gasteiger partial charge in [0.25, 0.3) is 0 Å². The molecule has 2 rings (SSSR count). The van der Waals surface area contributed by atoms with Crippen molar-refractivity contribution < 1.29 is 5.11 Å². The van der Waals surface area contributed by atoms with Gasteiger partial charge < -0.3 is 5.11 Å². The first kappa shape index (κ1) is 11.4. The second kappa shape index (κ2) is 4.82. The zero-order valence-corrected chi connectivity index (χ0v) is 9.64. The summed E-state index contributed by atoms with van der Waals surface area (Å²) >= 11 is 0. The molecule has 2 aromatic carbocycles. The Morgan fingerprint density at radius 2 is 2.00 bits per heavy atom. The number of aryl methyl sites for hydroxylation is 1. The van der Waals surface area contributed by atoms with Gasteiger partial charge in [-0.25, -0.2) is 0 Å². The fraction of sp³-hybridized carbons (Fsp3) is 0.133. The van der Waals surface area contributed by atoms with Crippen LogP contribution in [-0.4, -0.2) is 5.11 Å². The summed E-state index contributed by atoms with van der Waals surface area (Å²) in [7, 11) is 0. The molecule has 2 aromatic rings. The van der Waals surface area contributed by atoms with Crippen molar-refractivity contribution in [1.29, 1.82) is 5.26 Å². The van der Waals surface area contributed by atoms with Crippen LogP contribution in [0.2, 0.25) is 0 Å². The highest BCUT2D eigenvalue weighted by Crippen LogP contribution is 2.25. The molecule has 84 valence electrons. The average molecular weight is 223 g/mol. The Morgan fingerprint density at radius 1 is 1.18 bits per heavy atom. The van der Waals surface area contributed by atoms with E-state index in [0.717, 1.165) is 22.3 Å². The van der Waals surface area contributed by atoms with Crippen molar-refractivity contribution in [2.45, 2.75) is 13.5 Å². The predicted octanol–water partition coefficient (Wildman–Crippen LogP) is 3.03. The molecule has 0 saturated carbocycles. The van der Waals surface area contributed by atoms with Crippen molar-refractivity contribution in [3.8, 4) is 17.2 Å². The standard InChI is InChI=1S/C15H13NO/c1-11-5-6-12(9-16)8-15(11)14-4-2-3-13(7-14)10-17/h2-8,17H,10H2,1H3. The number of aliphatic hydroxyl groups excluding tert-OH is 1. The van der Waals surface area contributed by atoms with Crippen LogP contribution in [-0.2, 0) is 6.61 Å². The summed E-state index contributed by atoms with van der Waals surface area (Å²) in [4.78, 5) is 0. The molecule has 0 aromatic heterocycles. The van der Waals surface area contributed by atoms with Crippen LogP contribution in [0.25, 0.3) is 11.1 Å². The largest absolute Gasteiger partial charge is 0.392 e. The molecule has 0 heterocycles. The zero-order chi connectivity index (χ0) is 12.3. The van der Waals surface area contributed by atoms with E-state index in [9.17, 15) is 0 Å². The third kappa shape index (κ3) is 2.35. The van der Waals surface area contributed by atoms with Gasteiger partial charge in [0.1, 0.15) is 0 Å². The van der Waals surface area contributed by atoms with Crippen LogP contribution < -0.4 is 0 Å². The Labute approximate surface area is 101 Å². The van der Waals surface area contributed by atoms with Gasteiger partial charge in [0.05, 0.1) is 18.2 Å². The summed E-state index contributed by atoms with van der Waals surface area (Å²) in [5.41, 5.74) is 4.73. The molecule has 2 heteroatoms. The van der Waals surface area contributed by atoms with Crippen LogP contribution in [0.3, 0.4) is 0 Å². The number of nitrogens with zero attached hydrogens (tertiary/aromatic N) is 1. The average Bonchev–Trinajstić information content (AvgIpc) is 2.39. The van der Waals surface area contributed by atoms with Gasteiger partial charge in [0.2, 0.25) is 0 Å². The van der Waals surface area contributed by atoms with Crippen molar-refractivity contribution >= 4 is 0 Å². The maximum Gasteiger partial charge on any atom is 0.0991 e. The highest BCUT2D eigenvalue weighted by atomic mass is 16.3. The van der Waals surface area contributed by atoms with E-state index in [1.807, 2.05) is 49.4 Å². The fourth-order valence-corrected chi connectivity index (χ4v) is 1.84. The van der Waals surface area contributed by atoms with Gasteiger partial charge in [-0.1, -0.05) is 24.3 Å². The van der Waals surface area contributed by atoms with Crippen molar-refractivity contribution in [3.63, 3.8) is 0 Å². The van der Waals surface area contributed by atoms with E-state index in [4.69, 9.17) is 10.4 Å². The van der Waals surface area contributed by atoms with E-state index in [2.05, 4.69) is 6.07 Å². The van der Waals surface area contributed by atoms with Crippen LogP contribution in [0.5, 0.6) is 0 Å². The molecule has 0 bridgehead atoms. The Hall–Kier alpha value is -2.11. The first-order valence-corrected chi connectivity index (χ1v) is 5.45. The lowest BCUT2D eigenvalue weighted by molar-refractivity contribution is 0.282. The molecule has 0 saturated heterocycles. The number of hydrogen-bond donors (Lipinski definition) is 1. The van der Waals surface area contributed by atoms with Crippen LogP contribution in [0, 0.1) is 18.3 Å². The summed E-state index contributed by atoms with van der Waals surface area (Å²) in [6.45, 7) is 2.05. The minimum absolute atomic E-state index is 0.0326. The summed E-state index contributed by atoms with van der Waals surface area (Å²) in [6.07, 6.45) is 0. The van der Waals surface area contributed by atoms with Crippen LogP contribution in [0.1, 0.15) is 16.7 Å². The lowest BCUT2D eigenvalue weighted by Crippen LogP contribution is -1.88. The first-order chi connectivity index (χ1) is 8.24. The summed E-state index contributed by atoms with van der Waals surface area (Å²) in [6, 6.07) is 15.5. The summed E-state index contributed by atoms with van der Waals surface area (Å²) < 4.78 is 0. The topological polar surface area (TPSA) is 44.0 Å². The summed E-state index contributed by atoms with van der Waals surface area (Å²) in [5.74, 6) is 0. The van der Waals surface area contributed by atoms with E-state index in [1.54, 1.807) is 0 Å². The normalized spacial score (nSPS) is 9.94. The van der Waals surface area contributed by atoms with E-state index in [1.165, 1.54) is 0 Å². The minimum atomic E-state index is 0.0326. The number of hydrogen-bond acceptors (Lipinski definition) is 2. The van der Waals surface area contributed by atoms with Crippen LogP contribution in [0.4, 0.5) is 0 Å². The number of aliphatic hydroxyl groups is 1. The van der Waals surface area contributed by atoms with Gasteiger partial charge in [0.15, 0.2) is 0 Å². The van der Waals surface area contributed by atoms with E-state index in [0.29, 0.717) is 5.56 Å². The van der Waals surface area contributed by atoms with Gasteiger partial charge in [0, 0.05) is 0 Å². The van der Waals surface area contributed by atoms with Crippen molar-refractivity contribution in [2.75, 3.05) is 0 Å². The molecule has 1 N–H and O–H groups in total. The molecular formula is C15H13NO. The third-order valence-corrected chi connectivity index (χ3v) is 2.79. The second-order valence-electron chi connectivity index (χ2n) is 4.00. The first-order valence-electron chi connectivity index (χ1n) is 5.45. The van der Waals surface area contributed by atoms with Gasteiger partial charge in [-0.05, 0) is 47.4 Å². The summed E-state index contributed by atoms with van der Waals surface area (Å²) in [5, 5.41) is 18.0. The fourth-order valence-electron chi connectivity index (χ4n) is 1.84. The Morgan fingerprint density at radius 3 is 2.71 bits per heavy atom. The molecule has 0 aliphatic heterocycles. The molecule has 0 radical (unpaired) electrons. The Kier molecular flexibility index (Phi) is 3.22. The Balaban J connectivity index is 2.55. The van der Waals surface area contributed by atoms with Gasteiger partial charge in [-0.3, -0.25) is 0 Å². The molecule has 2 nitrogen and oxygen atoms in total. The lowest BCUT2D eigenvalue weighted by atomic mass is 9.97. The molecule has 0 atom stereocenters. The van der Waals surface area contributed by atoms with Crippen molar-refractivity contribution in [3.05, 3.63) is 59.2 Å². The van der Waals surface area contributed by atoms with Gasteiger partial charge in [-0.2, -0.15) is 5.26 Å². The second-order valence-corrected chi connectivity index (χ2v) is 4.00. The third-order valence-electron chi connectivity index (χ3n) is 2.79. The Bertz CT molecular complexity index is 582. The molecule has 0 fully saturated rings. The predicted molar refractivity (Wildman–Crippen MR) is 67.3 cm³/mol. The van der Waals surface area contributed by atoms with Gasteiger partial charge in [-0.15, -0.1) is 0 Å². The monoisotopic (exact) mass is 223 g/mol. The smallest absolute Gasteiger partial charge is 0.0991 e. The maximum atomic E-state index is 9.13. The van der Waals surface area contributed by atoms with Crippen LogP contribution in [0.15, 0.2) is 42.5 Å². The van der Waals surface area contributed by atoms with E-state index >= 15 is 0 Å². The highest BCUT2D eigenvalue weighted by Gasteiger charge is 2.04. The highest BCUT2D eigenvalue weighted by molar-refractivity contribution is 5.69. The lowest BCUT2D eigenvalue weighted by Gasteiger charge is -2.07. The zero-order valence-electron chi connectivity index (χ0n) is 9.64. The SMILES string of the molecule is Cc1ccc(C#N)cc1-c1cccc(CO)c1. The molecule has 0 aliphatic rings. The van der Waals surface area contributed by atoms with Gasteiger partial charge >= 0.3 is 0 Å². The number of nitriles is 1. The van der Waals surface area contributed by atoms with E-state index < -0.39 is 0 Å². The van der Waals surface area contributed by atoms with Crippen LogP contribution >= 0.6 is 0 Å². The van der Waals surface area contributed by atoms with Crippen molar-refractivity contribution in [1.82, 2.24) is 0 Å². The quantitative estimate of drug-likeness (QED) is 0.850. The molecular weight excluding hydrogens is 210 g/mol.